The largest absolute Gasteiger partial charge is 0.319 e. The van der Waals surface area contributed by atoms with Gasteiger partial charge in [-0.1, -0.05) is 42.6 Å². The van der Waals surface area contributed by atoms with Gasteiger partial charge in [-0.25, -0.2) is 0 Å². The molecule has 0 aromatic heterocycles. The molecule has 1 fully saturated rings. The van der Waals surface area contributed by atoms with Gasteiger partial charge in [0, 0.05) is 22.0 Å². The molecule has 2 unspecified atom stereocenters. The Morgan fingerprint density at radius 1 is 1.44 bits per heavy atom. The molecule has 0 spiro atoms. The van der Waals surface area contributed by atoms with Crippen LogP contribution < -0.4 is 5.32 Å². The summed E-state index contributed by atoms with van der Waals surface area (Å²) >= 11 is 12.2. The highest BCUT2D eigenvalue weighted by molar-refractivity contribution is 6.35. The molecule has 1 aliphatic carbocycles. The molecule has 1 N–H and O–H groups in total. The van der Waals surface area contributed by atoms with Gasteiger partial charge < -0.3 is 5.32 Å². The topological polar surface area (TPSA) is 12.0 Å². The van der Waals surface area contributed by atoms with E-state index in [1.807, 2.05) is 19.2 Å². The lowest BCUT2D eigenvalue weighted by atomic mass is 9.92. The van der Waals surface area contributed by atoms with Gasteiger partial charge in [-0.05, 0) is 37.1 Å². The molecule has 16 heavy (non-hydrogen) atoms. The van der Waals surface area contributed by atoms with Gasteiger partial charge in [0.25, 0.3) is 0 Å². The van der Waals surface area contributed by atoms with Crippen LogP contribution in [0.1, 0.15) is 25.3 Å². The van der Waals surface area contributed by atoms with Crippen LogP contribution in [-0.2, 0) is 5.41 Å². The summed E-state index contributed by atoms with van der Waals surface area (Å²) in [5.41, 5.74) is 1.49. The lowest BCUT2D eigenvalue weighted by Gasteiger charge is -2.19. The summed E-state index contributed by atoms with van der Waals surface area (Å²) in [5.74, 6) is 0.749. The highest BCUT2D eigenvalue weighted by atomic mass is 35.5. The minimum Gasteiger partial charge on any atom is -0.319 e. The van der Waals surface area contributed by atoms with Gasteiger partial charge >= 0.3 is 0 Å². The lowest BCUT2D eigenvalue weighted by Crippen LogP contribution is -2.26. The van der Waals surface area contributed by atoms with Crippen LogP contribution in [0.25, 0.3) is 0 Å². The van der Waals surface area contributed by atoms with E-state index in [0.717, 1.165) is 17.5 Å². The molecule has 2 rings (SSSR count). The standard InChI is InChI=1S/C13H17Cl2N/c1-3-9-7-13(9,8-16-2)11-5-4-10(14)6-12(11)15/h4-6,9,16H,3,7-8H2,1-2H3. The summed E-state index contributed by atoms with van der Waals surface area (Å²) in [6.07, 6.45) is 2.44. The third-order valence-corrected chi connectivity index (χ3v) is 4.23. The highest BCUT2D eigenvalue weighted by Crippen LogP contribution is 2.57. The zero-order valence-electron chi connectivity index (χ0n) is 9.69. The number of likely N-dealkylation sites (N-methyl/N-ethyl adjacent to an activating group) is 1. The number of rotatable bonds is 4. The SMILES string of the molecule is CCC1CC1(CNC)c1ccc(Cl)cc1Cl. The number of hydrogen-bond acceptors (Lipinski definition) is 1. The first-order chi connectivity index (χ1) is 7.64. The molecule has 0 bridgehead atoms. The maximum Gasteiger partial charge on any atom is 0.0459 e. The van der Waals surface area contributed by atoms with Gasteiger partial charge in [0.2, 0.25) is 0 Å². The Hall–Kier alpha value is -0.240. The summed E-state index contributed by atoms with van der Waals surface area (Å²) in [6, 6.07) is 5.86. The summed E-state index contributed by atoms with van der Waals surface area (Å²) in [5, 5.41) is 4.80. The molecule has 0 saturated heterocycles. The van der Waals surface area contributed by atoms with E-state index in [9.17, 15) is 0 Å². The Morgan fingerprint density at radius 3 is 2.69 bits per heavy atom. The van der Waals surface area contributed by atoms with E-state index >= 15 is 0 Å². The van der Waals surface area contributed by atoms with E-state index in [0.29, 0.717) is 5.02 Å². The van der Waals surface area contributed by atoms with Crippen molar-refractivity contribution in [1.29, 1.82) is 0 Å². The van der Waals surface area contributed by atoms with Gasteiger partial charge in [0.1, 0.15) is 0 Å². The Labute approximate surface area is 107 Å². The van der Waals surface area contributed by atoms with Crippen molar-refractivity contribution in [2.45, 2.75) is 25.2 Å². The monoisotopic (exact) mass is 257 g/mol. The second kappa shape index (κ2) is 4.56. The minimum atomic E-state index is 0.241. The van der Waals surface area contributed by atoms with Crippen LogP contribution in [-0.4, -0.2) is 13.6 Å². The predicted molar refractivity (Wildman–Crippen MR) is 70.5 cm³/mol. The van der Waals surface area contributed by atoms with Crippen molar-refractivity contribution in [3.63, 3.8) is 0 Å². The predicted octanol–water partition coefficient (Wildman–Crippen LogP) is 3.88. The smallest absolute Gasteiger partial charge is 0.0459 e. The van der Waals surface area contributed by atoms with Gasteiger partial charge in [0.15, 0.2) is 0 Å². The van der Waals surface area contributed by atoms with Crippen molar-refractivity contribution in [2.75, 3.05) is 13.6 Å². The van der Waals surface area contributed by atoms with Gasteiger partial charge in [-0.3, -0.25) is 0 Å². The summed E-state index contributed by atoms with van der Waals surface area (Å²) in [7, 11) is 2.00. The zero-order chi connectivity index (χ0) is 11.8. The fraction of sp³-hybridized carbons (Fsp3) is 0.538. The highest BCUT2D eigenvalue weighted by Gasteiger charge is 2.54. The molecule has 1 aromatic carbocycles. The molecule has 88 valence electrons. The van der Waals surface area contributed by atoms with Crippen LogP contribution in [0, 0.1) is 5.92 Å². The van der Waals surface area contributed by atoms with Crippen LogP contribution in [0.5, 0.6) is 0 Å². The first-order valence-corrected chi connectivity index (χ1v) is 6.49. The Morgan fingerprint density at radius 2 is 2.19 bits per heavy atom. The molecule has 1 aromatic rings. The van der Waals surface area contributed by atoms with E-state index in [4.69, 9.17) is 23.2 Å². The van der Waals surface area contributed by atoms with Gasteiger partial charge in [0.05, 0.1) is 0 Å². The van der Waals surface area contributed by atoms with Crippen LogP contribution in [0.2, 0.25) is 10.0 Å². The first-order valence-electron chi connectivity index (χ1n) is 5.74. The van der Waals surface area contributed by atoms with E-state index in [-0.39, 0.29) is 5.41 Å². The minimum absolute atomic E-state index is 0.241. The maximum atomic E-state index is 6.30. The van der Waals surface area contributed by atoms with Crippen LogP contribution >= 0.6 is 23.2 Å². The fourth-order valence-electron chi connectivity index (χ4n) is 2.77. The third-order valence-electron chi connectivity index (χ3n) is 3.68. The second-order valence-electron chi connectivity index (χ2n) is 4.62. The normalized spacial score (nSPS) is 28.1. The quantitative estimate of drug-likeness (QED) is 0.864. The van der Waals surface area contributed by atoms with E-state index in [2.05, 4.69) is 18.3 Å². The summed E-state index contributed by atoms with van der Waals surface area (Å²) in [4.78, 5) is 0. The van der Waals surface area contributed by atoms with E-state index in [1.54, 1.807) is 0 Å². The number of hydrogen-bond donors (Lipinski definition) is 1. The van der Waals surface area contributed by atoms with Crippen molar-refractivity contribution < 1.29 is 0 Å². The van der Waals surface area contributed by atoms with Gasteiger partial charge in [-0.15, -0.1) is 0 Å². The van der Waals surface area contributed by atoms with E-state index in [1.165, 1.54) is 18.4 Å². The molecule has 1 saturated carbocycles. The molecular formula is C13H17Cl2N. The number of benzene rings is 1. The fourth-order valence-corrected chi connectivity index (χ4v) is 3.36. The van der Waals surface area contributed by atoms with Crippen molar-refractivity contribution in [2.24, 2.45) is 5.92 Å². The number of nitrogens with one attached hydrogen (secondary N) is 1. The molecule has 0 radical (unpaired) electrons. The first kappa shape index (κ1) is 12.2. The average Bonchev–Trinajstić information content (AvgIpc) is 2.93. The Kier molecular flexibility index (Phi) is 3.48. The van der Waals surface area contributed by atoms with Gasteiger partial charge in [-0.2, -0.15) is 0 Å². The van der Waals surface area contributed by atoms with Crippen LogP contribution in [0.3, 0.4) is 0 Å². The van der Waals surface area contributed by atoms with Crippen molar-refractivity contribution >= 4 is 23.2 Å². The summed E-state index contributed by atoms with van der Waals surface area (Å²) < 4.78 is 0. The lowest BCUT2D eigenvalue weighted by molar-refractivity contribution is 0.554. The molecule has 0 aliphatic heterocycles. The zero-order valence-corrected chi connectivity index (χ0v) is 11.2. The number of halogens is 2. The Balaban J connectivity index is 2.34. The molecule has 3 heteroatoms. The molecule has 1 nitrogen and oxygen atoms in total. The Bertz CT molecular complexity index is 392. The molecule has 1 aliphatic rings. The molecule has 2 atom stereocenters. The molecule has 0 heterocycles. The second-order valence-corrected chi connectivity index (χ2v) is 5.46. The van der Waals surface area contributed by atoms with Crippen molar-refractivity contribution in [3.05, 3.63) is 33.8 Å². The van der Waals surface area contributed by atoms with E-state index < -0.39 is 0 Å². The summed E-state index contributed by atoms with van der Waals surface area (Å²) in [6.45, 7) is 3.23. The molecule has 0 amide bonds. The molecular weight excluding hydrogens is 241 g/mol. The van der Waals surface area contributed by atoms with Crippen LogP contribution in [0.15, 0.2) is 18.2 Å². The third kappa shape index (κ3) is 1.97. The van der Waals surface area contributed by atoms with Crippen LogP contribution in [0.4, 0.5) is 0 Å². The maximum absolute atomic E-state index is 6.30. The average molecular weight is 258 g/mol. The van der Waals surface area contributed by atoms with Crippen molar-refractivity contribution in [1.82, 2.24) is 5.32 Å². The van der Waals surface area contributed by atoms with Crippen molar-refractivity contribution in [3.8, 4) is 0 Å².